The van der Waals surface area contributed by atoms with Gasteiger partial charge in [0.2, 0.25) is 5.88 Å². The topological polar surface area (TPSA) is 22.1 Å². The summed E-state index contributed by atoms with van der Waals surface area (Å²) in [7, 11) is 0. The Morgan fingerprint density at radius 3 is 2.59 bits per heavy atom. The van der Waals surface area contributed by atoms with E-state index in [0.29, 0.717) is 10.9 Å². The first-order valence-electron chi connectivity index (χ1n) is 5.11. The standard InChI is InChI=1S/C13H8ClNOS/c14-9-5-7-10(8-6-9)16-13-11-3-1-2-4-12(11)17-15-13/h1-8H. The van der Waals surface area contributed by atoms with Crippen molar-refractivity contribution >= 4 is 33.2 Å². The minimum absolute atomic E-state index is 0.646. The SMILES string of the molecule is Clc1ccc(Oc2nsc3ccccc23)cc1. The van der Waals surface area contributed by atoms with Gasteiger partial charge < -0.3 is 4.74 Å². The first-order valence-corrected chi connectivity index (χ1v) is 6.26. The molecule has 1 heterocycles. The molecule has 0 unspecified atom stereocenters. The second kappa shape index (κ2) is 4.35. The molecular formula is C13H8ClNOS. The second-order valence-corrected chi connectivity index (χ2v) is 4.78. The Morgan fingerprint density at radius 1 is 1.00 bits per heavy atom. The lowest BCUT2D eigenvalue weighted by Crippen LogP contribution is -1.83. The van der Waals surface area contributed by atoms with Crippen molar-refractivity contribution in [2.24, 2.45) is 0 Å². The van der Waals surface area contributed by atoms with E-state index in [2.05, 4.69) is 4.37 Å². The zero-order valence-electron chi connectivity index (χ0n) is 8.76. The minimum Gasteiger partial charge on any atom is -0.438 e. The van der Waals surface area contributed by atoms with Crippen LogP contribution in [0.2, 0.25) is 5.02 Å². The van der Waals surface area contributed by atoms with Crippen LogP contribution in [0, 0.1) is 0 Å². The number of hydrogen-bond acceptors (Lipinski definition) is 3. The molecule has 0 N–H and O–H groups in total. The van der Waals surface area contributed by atoms with Gasteiger partial charge in [-0.3, -0.25) is 0 Å². The first-order chi connectivity index (χ1) is 8.33. The number of nitrogens with zero attached hydrogens (tertiary/aromatic N) is 1. The molecular weight excluding hydrogens is 254 g/mol. The highest BCUT2D eigenvalue weighted by Gasteiger charge is 2.07. The van der Waals surface area contributed by atoms with Crippen LogP contribution >= 0.6 is 23.1 Å². The van der Waals surface area contributed by atoms with E-state index in [9.17, 15) is 0 Å². The fraction of sp³-hybridized carbons (Fsp3) is 0. The van der Waals surface area contributed by atoms with Gasteiger partial charge in [-0.1, -0.05) is 23.7 Å². The van der Waals surface area contributed by atoms with Crippen LogP contribution in [-0.2, 0) is 0 Å². The average Bonchev–Trinajstić information content (AvgIpc) is 2.76. The summed E-state index contributed by atoms with van der Waals surface area (Å²) in [6, 6.07) is 15.3. The van der Waals surface area contributed by atoms with Gasteiger partial charge in [0.1, 0.15) is 5.75 Å². The van der Waals surface area contributed by atoms with Crippen molar-refractivity contribution in [1.29, 1.82) is 0 Å². The van der Waals surface area contributed by atoms with Crippen LogP contribution < -0.4 is 4.74 Å². The van der Waals surface area contributed by atoms with Crippen molar-refractivity contribution < 1.29 is 4.74 Å². The Balaban J connectivity index is 1.97. The third-order valence-corrected chi connectivity index (χ3v) is 3.43. The maximum Gasteiger partial charge on any atom is 0.238 e. The monoisotopic (exact) mass is 261 g/mol. The van der Waals surface area contributed by atoms with Gasteiger partial charge >= 0.3 is 0 Å². The largest absolute Gasteiger partial charge is 0.438 e. The van der Waals surface area contributed by atoms with E-state index in [-0.39, 0.29) is 0 Å². The van der Waals surface area contributed by atoms with Crippen LogP contribution in [0.25, 0.3) is 10.1 Å². The third-order valence-electron chi connectivity index (χ3n) is 2.37. The quantitative estimate of drug-likeness (QED) is 0.665. The van der Waals surface area contributed by atoms with E-state index in [1.807, 2.05) is 36.4 Å². The van der Waals surface area contributed by atoms with Crippen molar-refractivity contribution in [2.75, 3.05) is 0 Å². The molecule has 1 aromatic heterocycles. The number of benzene rings is 2. The Hall–Kier alpha value is -1.58. The lowest BCUT2D eigenvalue weighted by molar-refractivity contribution is 0.474. The number of halogens is 1. The maximum atomic E-state index is 5.82. The van der Waals surface area contributed by atoms with Gasteiger partial charge in [0, 0.05) is 5.02 Å². The molecule has 0 bridgehead atoms. The third kappa shape index (κ3) is 2.12. The van der Waals surface area contributed by atoms with E-state index in [1.54, 1.807) is 12.1 Å². The smallest absolute Gasteiger partial charge is 0.238 e. The summed E-state index contributed by atoms with van der Waals surface area (Å²) < 4.78 is 11.1. The molecule has 0 aliphatic carbocycles. The highest BCUT2D eigenvalue weighted by Crippen LogP contribution is 2.31. The number of aromatic nitrogens is 1. The van der Waals surface area contributed by atoms with E-state index < -0.39 is 0 Å². The predicted octanol–water partition coefficient (Wildman–Crippen LogP) is 4.74. The van der Waals surface area contributed by atoms with Gasteiger partial charge in [0.05, 0.1) is 10.1 Å². The molecule has 0 radical (unpaired) electrons. The van der Waals surface area contributed by atoms with Crippen molar-refractivity contribution in [2.45, 2.75) is 0 Å². The molecule has 2 nitrogen and oxygen atoms in total. The second-order valence-electron chi connectivity index (χ2n) is 3.54. The molecule has 4 heteroatoms. The molecule has 0 amide bonds. The zero-order chi connectivity index (χ0) is 11.7. The molecule has 0 saturated carbocycles. The van der Waals surface area contributed by atoms with Gasteiger partial charge in [0.25, 0.3) is 0 Å². The van der Waals surface area contributed by atoms with Gasteiger partial charge in [-0.25, -0.2) is 0 Å². The Morgan fingerprint density at radius 2 is 1.76 bits per heavy atom. The molecule has 17 heavy (non-hydrogen) atoms. The molecule has 0 aliphatic rings. The van der Waals surface area contributed by atoms with Gasteiger partial charge in [-0.15, -0.1) is 0 Å². The van der Waals surface area contributed by atoms with Crippen LogP contribution in [0.15, 0.2) is 48.5 Å². The normalized spacial score (nSPS) is 10.6. The summed E-state index contributed by atoms with van der Waals surface area (Å²) in [5.74, 6) is 1.39. The number of hydrogen-bond donors (Lipinski definition) is 0. The van der Waals surface area contributed by atoms with Gasteiger partial charge in [-0.05, 0) is 47.9 Å². The molecule has 3 aromatic rings. The molecule has 2 aromatic carbocycles. The molecule has 3 rings (SSSR count). The molecule has 0 spiro atoms. The number of fused-ring (bicyclic) bond motifs is 1. The summed E-state index contributed by atoms with van der Waals surface area (Å²) in [6.45, 7) is 0. The van der Waals surface area contributed by atoms with Crippen molar-refractivity contribution in [3.63, 3.8) is 0 Å². The average molecular weight is 262 g/mol. The van der Waals surface area contributed by atoms with Gasteiger partial charge in [0.15, 0.2) is 0 Å². The van der Waals surface area contributed by atoms with Gasteiger partial charge in [-0.2, -0.15) is 4.37 Å². The summed E-state index contributed by atoms with van der Waals surface area (Å²) in [5, 5.41) is 1.73. The van der Waals surface area contributed by atoms with Crippen LogP contribution in [0.3, 0.4) is 0 Å². The minimum atomic E-state index is 0.646. The lowest BCUT2D eigenvalue weighted by atomic mass is 10.3. The Bertz CT molecular complexity index is 648. The zero-order valence-corrected chi connectivity index (χ0v) is 10.3. The van der Waals surface area contributed by atoms with E-state index in [0.717, 1.165) is 15.8 Å². The Kier molecular flexibility index (Phi) is 2.71. The van der Waals surface area contributed by atoms with E-state index >= 15 is 0 Å². The number of rotatable bonds is 2. The van der Waals surface area contributed by atoms with Crippen LogP contribution in [0.4, 0.5) is 0 Å². The van der Waals surface area contributed by atoms with Crippen molar-refractivity contribution in [3.8, 4) is 11.6 Å². The summed E-state index contributed by atoms with van der Waals surface area (Å²) in [4.78, 5) is 0. The molecule has 0 saturated heterocycles. The summed E-state index contributed by atoms with van der Waals surface area (Å²) in [6.07, 6.45) is 0. The first kappa shape index (κ1) is 10.6. The highest BCUT2D eigenvalue weighted by atomic mass is 35.5. The summed E-state index contributed by atoms with van der Waals surface area (Å²) in [5.41, 5.74) is 0. The van der Waals surface area contributed by atoms with E-state index in [4.69, 9.17) is 16.3 Å². The fourth-order valence-corrected chi connectivity index (χ4v) is 2.39. The van der Waals surface area contributed by atoms with E-state index in [1.165, 1.54) is 11.5 Å². The van der Waals surface area contributed by atoms with Crippen LogP contribution in [-0.4, -0.2) is 4.37 Å². The lowest BCUT2D eigenvalue weighted by Gasteiger charge is -2.02. The van der Waals surface area contributed by atoms with Crippen molar-refractivity contribution in [3.05, 3.63) is 53.6 Å². The summed E-state index contributed by atoms with van der Waals surface area (Å²) >= 11 is 7.25. The maximum absolute atomic E-state index is 5.82. The molecule has 0 fully saturated rings. The molecule has 0 aliphatic heterocycles. The van der Waals surface area contributed by atoms with Crippen LogP contribution in [0.5, 0.6) is 11.6 Å². The Labute approximate surface area is 108 Å². The fourth-order valence-electron chi connectivity index (χ4n) is 1.55. The van der Waals surface area contributed by atoms with Crippen molar-refractivity contribution in [1.82, 2.24) is 4.37 Å². The molecule has 0 atom stereocenters. The number of ether oxygens (including phenoxy) is 1. The molecule has 84 valence electrons. The highest BCUT2D eigenvalue weighted by molar-refractivity contribution is 7.13. The van der Waals surface area contributed by atoms with Crippen LogP contribution in [0.1, 0.15) is 0 Å². The predicted molar refractivity (Wildman–Crippen MR) is 71.1 cm³/mol.